The van der Waals surface area contributed by atoms with Crippen molar-refractivity contribution in [1.82, 2.24) is 10.3 Å². The van der Waals surface area contributed by atoms with Crippen LogP contribution in [0, 0.1) is 0 Å². The number of methoxy groups -OCH3 is 3. The van der Waals surface area contributed by atoms with Gasteiger partial charge in [0.25, 0.3) is 5.91 Å². The number of anilines is 1. The van der Waals surface area contributed by atoms with Gasteiger partial charge in [-0.3, -0.25) is 10.1 Å². The van der Waals surface area contributed by atoms with E-state index in [2.05, 4.69) is 31.5 Å². The first-order valence-electron chi connectivity index (χ1n) is 9.35. The summed E-state index contributed by atoms with van der Waals surface area (Å²) in [6, 6.07) is 13.1. The Kier molecular flexibility index (Phi) is 6.45. The largest absolute Gasteiger partial charge is 0.497 e. The van der Waals surface area contributed by atoms with Crippen molar-refractivity contribution in [2.75, 3.05) is 26.6 Å². The Morgan fingerprint density at radius 2 is 1.88 bits per heavy atom. The number of carbonyl (C=O) groups excluding carboxylic acids is 1. The number of nitrogens with one attached hydrogen (secondary N) is 2. The molecule has 0 saturated carbocycles. The molecule has 164 valence electrons. The molecule has 0 bridgehead atoms. The lowest BCUT2D eigenvalue weighted by atomic mass is 10.1. The van der Waals surface area contributed by atoms with Gasteiger partial charge in [0.1, 0.15) is 22.8 Å². The number of rotatable bonds is 5. The lowest BCUT2D eigenvalue weighted by Gasteiger charge is -2.14. The summed E-state index contributed by atoms with van der Waals surface area (Å²) >= 11 is 10.3. The van der Waals surface area contributed by atoms with Crippen LogP contribution in [0.3, 0.4) is 0 Å². The molecule has 1 aromatic heterocycles. The van der Waals surface area contributed by atoms with Gasteiger partial charge in [-0.2, -0.15) is 0 Å². The molecule has 0 spiro atoms. The van der Waals surface area contributed by atoms with Gasteiger partial charge >= 0.3 is 0 Å². The number of ether oxygens (including phenoxy) is 3. The van der Waals surface area contributed by atoms with Crippen LogP contribution in [0.4, 0.5) is 5.13 Å². The number of halogens is 1. The first-order valence-corrected chi connectivity index (χ1v) is 11.4. The normalized spacial score (nSPS) is 10.8. The number of thiocarbonyl (C=S) groups is 1. The van der Waals surface area contributed by atoms with Crippen molar-refractivity contribution in [1.29, 1.82) is 0 Å². The fourth-order valence-electron chi connectivity index (χ4n) is 3.25. The van der Waals surface area contributed by atoms with E-state index in [1.54, 1.807) is 26.4 Å². The maximum Gasteiger partial charge on any atom is 0.261 e. The van der Waals surface area contributed by atoms with Crippen molar-refractivity contribution >= 4 is 76.6 Å². The molecule has 2 N–H and O–H groups in total. The van der Waals surface area contributed by atoms with E-state index in [4.69, 9.17) is 26.4 Å². The summed E-state index contributed by atoms with van der Waals surface area (Å²) in [5.41, 5.74) is 1.04. The number of thiazole rings is 1. The SMILES string of the molecule is COc1cc(OC)c2nc(NC(=S)NC(=O)c3cc4ccccc4c(Br)c3OC)sc2c1. The van der Waals surface area contributed by atoms with Crippen LogP contribution < -0.4 is 24.8 Å². The summed E-state index contributed by atoms with van der Waals surface area (Å²) in [6.07, 6.45) is 0. The molecule has 1 heterocycles. The number of amides is 1. The molecule has 3 aromatic carbocycles. The van der Waals surface area contributed by atoms with E-state index in [1.807, 2.05) is 30.3 Å². The summed E-state index contributed by atoms with van der Waals surface area (Å²) in [6.45, 7) is 0. The van der Waals surface area contributed by atoms with Crippen LogP contribution >= 0.6 is 39.5 Å². The Labute approximate surface area is 201 Å². The topological polar surface area (TPSA) is 81.7 Å². The summed E-state index contributed by atoms with van der Waals surface area (Å²) in [4.78, 5) is 17.5. The average molecular weight is 532 g/mol. The molecular formula is C22H18BrN3O4S2. The van der Waals surface area contributed by atoms with Crippen molar-refractivity contribution in [3.8, 4) is 17.2 Å². The highest BCUT2D eigenvalue weighted by atomic mass is 79.9. The minimum Gasteiger partial charge on any atom is -0.497 e. The molecule has 7 nitrogen and oxygen atoms in total. The fraction of sp³-hybridized carbons (Fsp3) is 0.136. The molecule has 0 aliphatic carbocycles. The molecule has 0 radical (unpaired) electrons. The number of fused-ring (bicyclic) bond motifs is 2. The van der Waals surface area contributed by atoms with Gasteiger partial charge < -0.3 is 19.5 Å². The van der Waals surface area contributed by atoms with Crippen molar-refractivity contribution < 1.29 is 19.0 Å². The Balaban J connectivity index is 1.58. The first-order chi connectivity index (χ1) is 15.4. The quantitative estimate of drug-likeness (QED) is 0.335. The number of nitrogens with zero attached hydrogens (tertiary/aromatic N) is 1. The van der Waals surface area contributed by atoms with E-state index in [1.165, 1.54) is 18.4 Å². The summed E-state index contributed by atoms with van der Waals surface area (Å²) in [7, 11) is 4.68. The highest BCUT2D eigenvalue weighted by Gasteiger charge is 2.20. The summed E-state index contributed by atoms with van der Waals surface area (Å²) < 4.78 is 17.7. The molecule has 0 atom stereocenters. The van der Waals surface area contributed by atoms with Crippen molar-refractivity contribution in [3.63, 3.8) is 0 Å². The van der Waals surface area contributed by atoms with Crippen LogP contribution in [0.5, 0.6) is 17.2 Å². The fourth-order valence-corrected chi connectivity index (χ4v) is 5.16. The van der Waals surface area contributed by atoms with Gasteiger partial charge in [0.15, 0.2) is 10.2 Å². The molecule has 0 fully saturated rings. The summed E-state index contributed by atoms with van der Waals surface area (Å²) in [5.74, 6) is 1.28. The number of aromatic nitrogens is 1. The van der Waals surface area contributed by atoms with Gasteiger partial charge in [-0.05, 0) is 51.1 Å². The Morgan fingerprint density at radius 1 is 1.09 bits per heavy atom. The van der Waals surface area contributed by atoms with E-state index in [-0.39, 0.29) is 5.11 Å². The van der Waals surface area contributed by atoms with Crippen molar-refractivity contribution in [3.05, 3.63) is 52.5 Å². The lowest BCUT2D eigenvalue weighted by Crippen LogP contribution is -2.34. The van der Waals surface area contributed by atoms with Gasteiger partial charge in [-0.15, -0.1) is 0 Å². The van der Waals surface area contributed by atoms with Gasteiger partial charge in [0, 0.05) is 6.07 Å². The van der Waals surface area contributed by atoms with Crippen LogP contribution in [-0.2, 0) is 0 Å². The Morgan fingerprint density at radius 3 is 2.59 bits per heavy atom. The standard InChI is InChI=1S/C22H18BrN3O4S2/c1-28-12-9-15(29-2)18-16(10-12)32-22(24-18)26-21(31)25-20(27)14-8-11-6-4-5-7-13(11)17(23)19(14)30-3/h4-10H,1-3H3,(H2,24,25,26,27,31). The third-order valence-electron chi connectivity index (χ3n) is 4.73. The Hall–Kier alpha value is -2.95. The van der Waals surface area contributed by atoms with Gasteiger partial charge in [0.05, 0.1) is 36.1 Å². The van der Waals surface area contributed by atoms with Gasteiger partial charge in [0.2, 0.25) is 0 Å². The lowest BCUT2D eigenvalue weighted by molar-refractivity contribution is 0.0975. The molecule has 0 unspecified atom stereocenters. The van der Waals surface area contributed by atoms with Crippen molar-refractivity contribution in [2.24, 2.45) is 0 Å². The van der Waals surface area contributed by atoms with E-state index in [0.29, 0.717) is 37.9 Å². The number of benzene rings is 3. The summed E-state index contributed by atoms with van der Waals surface area (Å²) in [5, 5.41) is 8.14. The van der Waals surface area contributed by atoms with E-state index in [9.17, 15) is 4.79 Å². The maximum atomic E-state index is 13.0. The minimum absolute atomic E-state index is 0.117. The number of carbonyl (C=O) groups is 1. The third kappa shape index (κ3) is 4.21. The zero-order valence-corrected chi connectivity index (χ0v) is 20.5. The second-order valence-electron chi connectivity index (χ2n) is 6.60. The smallest absolute Gasteiger partial charge is 0.261 e. The van der Waals surface area contributed by atoms with Crippen LogP contribution in [-0.4, -0.2) is 37.3 Å². The molecule has 0 aliphatic rings. The van der Waals surface area contributed by atoms with E-state index in [0.717, 1.165) is 15.5 Å². The zero-order valence-electron chi connectivity index (χ0n) is 17.3. The molecule has 32 heavy (non-hydrogen) atoms. The molecule has 10 heteroatoms. The molecule has 0 saturated heterocycles. The van der Waals surface area contributed by atoms with Crippen molar-refractivity contribution in [2.45, 2.75) is 0 Å². The van der Waals surface area contributed by atoms with E-state index < -0.39 is 5.91 Å². The predicted octanol–water partition coefficient (Wildman–Crippen LogP) is 5.36. The van der Waals surface area contributed by atoms with Crippen LogP contribution in [0.2, 0.25) is 0 Å². The van der Waals surface area contributed by atoms with Gasteiger partial charge in [-0.25, -0.2) is 4.98 Å². The minimum atomic E-state index is -0.397. The van der Waals surface area contributed by atoms with E-state index >= 15 is 0 Å². The maximum absolute atomic E-state index is 13.0. The molecule has 4 aromatic rings. The number of hydrogen-bond donors (Lipinski definition) is 2. The molecular weight excluding hydrogens is 514 g/mol. The Bertz CT molecular complexity index is 1360. The highest BCUT2D eigenvalue weighted by Crippen LogP contribution is 2.37. The first kappa shape index (κ1) is 22.3. The average Bonchev–Trinajstić information content (AvgIpc) is 3.20. The highest BCUT2D eigenvalue weighted by molar-refractivity contribution is 9.10. The number of hydrogen-bond acceptors (Lipinski definition) is 7. The molecule has 0 aliphatic heterocycles. The van der Waals surface area contributed by atoms with Crippen LogP contribution in [0.15, 0.2) is 46.9 Å². The van der Waals surface area contributed by atoms with Gasteiger partial charge in [-0.1, -0.05) is 35.6 Å². The monoisotopic (exact) mass is 531 g/mol. The van der Waals surface area contributed by atoms with Crippen LogP contribution in [0.25, 0.3) is 21.0 Å². The zero-order chi connectivity index (χ0) is 22.8. The third-order valence-corrected chi connectivity index (χ3v) is 6.64. The second kappa shape index (κ2) is 9.27. The molecule has 4 rings (SSSR count). The second-order valence-corrected chi connectivity index (χ2v) is 8.83. The molecule has 1 amide bonds. The predicted molar refractivity (Wildman–Crippen MR) is 135 cm³/mol. The van der Waals surface area contributed by atoms with Crippen LogP contribution in [0.1, 0.15) is 10.4 Å².